The first kappa shape index (κ1) is 22.0. The summed E-state index contributed by atoms with van der Waals surface area (Å²) in [5.41, 5.74) is 3.88. The molecular weight excluding hydrogens is 443 g/mol. The molecule has 0 bridgehead atoms. The van der Waals surface area contributed by atoms with Crippen molar-refractivity contribution in [2.75, 3.05) is 26.7 Å². The Balaban J connectivity index is 0.00000338. The van der Waals surface area contributed by atoms with Crippen LogP contribution in [0.2, 0.25) is 0 Å². The van der Waals surface area contributed by atoms with Gasteiger partial charge < -0.3 is 20.4 Å². The molecule has 1 heterocycles. The molecule has 0 radical (unpaired) electrons. The minimum absolute atomic E-state index is 0. The van der Waals surface area contributed by atoms with Crippen LogP contribution in [0, 0.1) is 13.8 Å². The molecule has 6 nitrogen and oxygen atoms in total. The zero-order chi connectivity index (χ0) is 18.1. The number of nitrogens with one attached hydrogen (secondary N) is 3. The topological polar surface area (TPSA) is 78.7 Å². The van der Waals surface area contributed by atoms with E-state index in [1.807, 2.05) is 0 Å². The monoisotopic (exact) mass is 470 g/mol. The Bertz CT molecular complexity index is 694. The van der Waals surface area contributed by atoms with Gasteiger partial charge in [0.05, 0.1) is 6.26 Å². The van der Waals surface area contributed by atoms with E-state index in [1.165, 1.54) is 23.0 Å². The minimum atomic E-state index is -0.218. The minimum Gasteiger partial charge on any atom is -0.459 e. The van der Waals surface area contributed by atoms with Crippen molar-refractivity contribution in [3.63, 3.8) is 0 Å². The highest BCUT2D eigenvalue weighted by Crippen LogP contribution is 2.08. The van der Waals surface area contributed by atoms with Crippen molar-refractivity contribution in [3.05, 3.63) is 59.0 Å². The van der Waals surface area contributed by atoms with Crippen molar-refractivity contribution in [1.29, 1.82) is 0 Å². The lowest BCUT2D eigenvalue weighted by Gasteiger charge is -2.12. The molecule has 0 saturated heterocycles. The van der Waals surface area contributed by atoms with Gasteiger partial charge in [-0.3, -0.25) is 9.79 Å². The molecule has 0 aliphatic heterocycles. The highest BCUT2D eigenvalue weighted by Gasteiger charge is 2.06. The third-order valence-electron chi connectivity index (χ3n) is 3.66. The lowest BCUT2D eigenvalue weighted by Crippen LogP contribution is -2.42. The highest BCUT2D eigenvalue weighted by molar-refractivity contribution is 14.0. The first-order valence-electron chi connectivity index (χ1n) is 8.42. The summed E-state index contributed by atoms with van der Waals surface area (Å²) in [6, 6.07) is 9.91. The molecule has 7 heteroatoms. The van der Waals surface area contributed by atoms with Gasteiger partial charge in [0, 0.05) is 26.7 Å². The molecule has 1 aromatic heterocycles. The molecule has 26 heavy (non-hydrogen) atoms. The molecule has 0 fully saturated rings. The van der Waals surface area contributed by atoms with Crippen LogP contribution in [-0.4, -0.2) is 38.5 Å². The molecule has 1 aromatic carbocycles. The summed E-state index contributed by atoms with van der Waals surface area (Å²) in [5, 5.41) is 9.23. The standard InChI is InChI=1S/C19H26N4O2.HI/c1-14-11-15(2)13-16(12-14)6-7-22-19(20-3)23-9-8-21-18(24)17-5-4-10-25-17;/h4-5,10-13H,6-9H2,1-3H3,(H,21,24)(H2,20,22,23);1H. The Hall–Kier alpha value is -2.03. The van der Waals surface area contributed by atoms with Crippen LogP contribution in [0.25, 0.3) is 0 Å². The normalized spacial score (nSPS) is 10.8. The van der Waals surface area contributed by atoms with Crippen molar-refractivity contribution in [2.45, 2.75) is 20.3 Å². The van der Waals surface area contributed by atoms with Gasteiger partial charge in [0.1, 0.15) is 0 Å². The number of rotatable bonds is 7. The molecular formula is C19H27IN4O2. The Morgan fingerprint density at radius 3 is 2.31 bits per heavy atom. The fraction of sp³-hybridized carbons (Fsp3) is 0.368. The van der Waals surface area contributed by atoms with E-state index in [1.54, 1.807) is 19.2 Å². The van der Waals surface area contributed by atoms with Gasteiger partial charge in [-0.1, -0.05) is 29.3 Å². The van der Waals surface area contributed by atoms with Gasteiger partial charge in [0.25, 0.3) is 5.91 Å². The largest absolute Gasteiger partial charge is 0.459 e. The Morgan fingerprint density at radius 1 is 1.04 bits per heavy atom. The quantitative estimate of drug-likeness (QED) is 0.252. The number of carbonyl (C=O) groups excluding carboxylic acids is 1. The number of nitrogens with zero attached hydrogens (tertiary/aromatic N) is 1. The summed E-state index contributed by atoms with van der Waals surface area (Å²) < 4.78 is 5.04. The van der Waals surface area contributed by atoms with E-state index in [9.17, 15) is 4.79 Å². The Labute approximate surface area is 171 Å². The molecule has 2 aromatic rings. The lowest BCUT2D eigenvalue weighted by atomic mass is 10.1. The van der Waals surface area contributed by atoms with Crippen LogP contribution in [-0.2, 0) is 6.42 Å². The average Bonchev–Trinajstić information content (AvgIpc) is 3.10. The number of hydrogen-bond donors (Lipinski definition) is 3. The van der Waals surface area contributed by atoms with Crippen LogP contribution >= 0.6 is 24.0 Å². The first-order valence-corrected chi connectivity index (χ1v) is 8.42. The summed E-state index contributed by atoms with van der Waals surface area (Å²) in [4.78, 5) is 15.9. The maximum atomic E-state index is 11.7. The predicted molar refractivity (Wildman–Crippen MR) is 115 cm³/mol. The van der Waals surface area contributed by atoms with Gasteiger partial charge in [-0.25, -0.2) is 0 Å². The van der Waals surface area contributed by atoms with Gasteiger partial charge >= 0.3 is 0 Å². The number of benzene rings is 1. The molecule has 142 valence electrons. The SMILES string of the molecule is CN=C(NCCNC(=O)c1ccco1)NCCc1cc(C)cc(C)c1.I. The molecule has 1 amide bonds. The number of amides is 1. The number of halogens is 1. The number of furan rings is 1. The molecule has 0 aliphatic carbocycles. The summed E-state index contributed by atoms with van der Waals surface area (Å²) >= 11 is 0. The molecule has 3 N–H and O–H groups in total. The maximum absolute atomic E-state index is 11.7. The number of hydrogen-bond acceptors (Lipinski definition) is 3. The average molecular weight is 470 g/mol. The van der Waals surface area contributed by atoms with E-state index >= 15 is 0 Å². The van der Waals surface area contributed by atoms with Gasteiger partial charge in [-0.05, 0) is 38.0 Å². The number of carbonyl (C=O) groups is 1. The van der Waals surface area contributed by atoms with Gasteiger partial charge in [-0.15, -0.1) is 24.0 Å². The fourth-order valence-electron chi connectivity index (χ4n) is 2.61. The van der Waals surface area contributed by atoms with E-state index in [-0.39, 0.29) is 29.9 Å². The van der Waals surface area contributed by atoms with Crippen LogP contribution in [0.5, 0.6) is 0 Å². The Kier molecular flexibility index (Phi) is 9.79. The van der Waals surface area contributed by atoms with E-state index in [0.29, 0.717) is 18.8 Å². The summed E-state index contributed by atoms with van der Waals surface area (Å²) in [7, 11) is 1.73. The first-order chi connectivity index (χ1) is 12.1. The number of aryl methyl sites for hydroxylation is 2. The second-order valence-electron chi connectivity index (χ2n) is 5.90. The number of guanidine groups is 1. The lowest BCUT2D eigenvalue weighted by molar-refractivity contribution is 0.0926. The molecule has 0 saturated carbocycles. The van der Waals surface area contributed by atoms with Crippen molar-refractivity contribution < 1.29 is 9.21 Å². The van der Waals surface area contributed by atoms with Crippen molar-refractivity contribution in [2.24, 2.45) is 4.99 Å². The zero-order valence-electron chi connectivity index (χ0n) is 15.5. The van der Waals surface area contributed by atoms with E-state index in [2.05, 4.69) is 53.0 Å². The predicted octanol–water partition coefficient (Wildman–Crippen LogP) is 2.65. The molecule has 0 atom stereocenters. The third-order valence-corrected chi connectivity index (χ3v) is 3.66. The summed E-state index contributed by atoms with van der Waals surface area (Å²) in [6.45, 7) is 6.08. The highest BCUT2D eigenvalue weighted by atomic mass is 127. The fourth-order valence-corrected chi connectivity index (χ4v) is 2.61. The Morgan fingerprint density at radius 2 is 1.69 bits per heavy atom. The van der Waals surface area contributed by atoms with Crippen LogP contribution in [0.4, 0.5) is 0 Å². The smallest absolute Gasteiger partial charge is 0.287 e. The van der Waals surface area contributed by atoms with Crippen molar-refractivity contribution >= 4 is 35.8 Å². The van der Waals surface area contributed by atoms with E-state index in [4.69, 9.17) is 4.42 Å². The number of aliphatic imine (C=N–C) groups is 1. The van der Waals surface area contributed by atoms with Crippen LogP contribution in [0.3, 0.4) is 0 Å². The van der Waals surface area contributed by atoms with Crippen LogP contribution in [0.1, 0.15) is 27.2 Å². The van der Waals surface area contributed by atoms with Gasteiger partial charge in [0.15, 0.2) is 11.7 Å². The third kappa shape index (κ3) is 7.47. The second-order valence-corrected chi connectivity index (χ2v) is 5.90. The van der Waals surface area contributed by atoms with Crippen LogP contribution in [0.15, 0.2) is 46.0 Å². The van der Waals surface area contributed by atoms with Gasteiger partial charge in [0.2, 0.25) is 0 Å². The molecule has 0 aliphatic rings. The second kappa shape index (κ2) is 11.6. The van der Waals surface area contributed by atoms with Crippen LogP contribution < -0.4 is 16.0 Å². The molecule has 2 rings (SSSR count). The van der Waals surface area contributed by atoms with Crippen molar-refractivity contribution in [1.82, 2.24) is 16.0 Å². The van der Waals surface area contributed by atoms with E-state index in [0.717, 1.165) is 18.9 Å². The molecule has 0 unspecified atom stereocenters. The maximum Gasteiger partial charge on any atom is 0.287 e. The summed E-state index contributed by atoms with van der Waals surface area (Å²) in [6.07, 6.45) is 2.41. The van der Waals surface area contributed by atoms with Crippen molar-refractivity contribution in [3.8, 4) is 0 Å². The zero-order valence-corrected chi connectivity index (χ0v) is 17.8. The van der Waals surface area contributed by atoms with E-state index < -0.39 is 0 Å². The van der Waals surface area contributed by atoms with Gasteiger partial charge in [-0.2, -0.15) is 0 Å². The molecule has 0 spiro atoms. The summed E-state index contributed by atoms with van der Waals surface area (Å²) in [5.74, 6) is 0.817.